The molecule has 0 spiro atoms. The molecule has 3 rings (SSSR count). The van der Waals surface area contributed by atoms with Crippen molar-refractivity contribution >= 4 is 50.4 Å². The second-order valence-corrected chi connectivity index (χ2v) is 8.34. The first-order chi connectivity index (χ1) is 12.2. The molecular formula is C16H15N5O3S2. The van der Waals surface area contributed by atoms with Gasteiger partial charge in [0.1, 0.15) is 5.82 Å². The van der Waals surface area contributed by atoms with Gasteiger partial charge in [0.2, 0.25) is 10.0 Å². The molecule has 1 amide bonds. The fraction of sp³-hybridized carbons (Fsp3) is 0.0625. The van der Waals surface area contributed by atoms with Gasteiger partial charge in [0.25, 0.3) is 5.91 Å². The number of thioether (sulfide) groups is 1. The predicted octanol–water partition coefficient (Wildman–Crippen LogP) is 1.84. The van der Waals surface area contributed by atoms with Gasteiger partial charge in [-0.2, -0.15) is 0 Å². The van der Waals surface area contributed by atoms with E-state index in [9.17, 15) is 13.2 Å². The number of anilines is 2. The summed E-state index contributed by atoms with van der Waals surface area (Å²) >= 11 is 1.02. The molecule has 1 saturated heterocycles. The zero-order valence-corrected chi connectivity index (χ0v) is 15.2. The van der Waals surface area contributed by atoms with Crippen molar-refractivity contribution < 1.29 is 13.2 Å². The smallest absolute Gasteiger partial charge is 0.264 e. The van der Waals surface area contributed by atoms with Crippen molar-refractivity contribution in [3.63, 3.8) is 0 Å². The van der Waals surface area contributed by atoms with Gasteiger partial charge in [0, 0.05) is 23.0 Å². The highest BCUT2D eigenvalue weighted by molar-refractivity contribution is 8.18. The van der Waals surface area contributed by atoms with E-state index in [2.05, 4.69) is 15.0 Å². The van der Waals surface area contributed by atoms with Gasteiger partial charge in [-0.1, -0.05) is 12.1 Å². The normalized spacial score (nSPS) is 16.0. The van der Waals surface area contributed by atoms with Crippen molar-refractivity contribution in [3.8, 4) is 11.1 Å². The van der Waals surface area contributed by atoms with Crippen molar-refractivity contribution in [2.45, 2.75) is 0 Å². The SMILES string of the molecule is CS(=O)(=O)Nc1ccc(-c2cnc(N)c(/C=C3\SC(=N)NC3=O)c2)cc1. The van der Waals surface area contributed by atoms with Gasteiger partial charge in [-0.05, 0) is 41.6 Å². The van der Waals surface area contributed by atoms with Crippen LogP contribution in [0.25, 0.3) is 17.2 Å². The average molecular weight is 389 g/mol. The maximum atomic E-state index is 11.7. The van der Waals surface area contributed by atoms with Gasteiger partial charge in [-0.25, -0.2) is 13.4 Å². The van der Waals surface area contributed by atoms with Crippen LogP contribution in [0, 0.1) is 5.41 Å². The number of nitrogens with two attached hydrogens (primary N) is 1. The lowest BCUT2D eigenvalue weighted by atomic mass is 10.0. The summed E-state index contributed by atoms with van der Waals surface area (Å²) in [5.41, 5.74) is 8.49. The first kappa shape index (κ1) is 18.0. The van der Waals surface area contributed by atoms with Crippen LogP contribution in [0.5, 0.6) is 0 Å². The Kier molecular flexibility index (Phi) is 4.70. The molecule has 1 aromatic heterocycles. The Morgan fingerprint density at radius 3 is 2.54 bits per heavy atom. The number of rotatable bonds is 4. The van der Waals surface area contributed by atoms with E-state index < -0.39 is 10.0 Å². The minimum atomic E-state index is -3.33. The standard InChI is InChI=1S/C16H15N5O3S2/c1-26(23,24)21-12-4-2-9(3-5-12)11-6-10(14(17)19-8-11)7-13-15(22)20-16(18)25-13/h2-8,21H,1H3,(H2,17,19)(H2,18,20,22)/b13-7-. The molecule has 26 heavy (non-hydrogen) atoms. The Balaban J connectivity index is 1.91. The van der Waals surface area contributed by atoms with Crippen LogP contribution < -0.4 is 15.8 Å². The maximum Gasteiger partial charge on any atom is 0.264 e. The molecule has 8 nitrogen and oxygen atoms in total. The Labute approximate surface area is 154 Å². The third kappa shape index (κ3) is 4.21. The monoisotopic (exact) mass is 389 g/mol. The summed E-state index contributed by atoms with van der Waals surface area (Å²) in [5, 5.41) is 9.95. The molecule has 134 valence electrons. The Hall–Kier alpha value is -2.85. The number of amidine groups is 1. The van der Waals surface area contributed by atoms with Crippen LogP contribution in [0.4, 0.5) is 11.5 Å². The molecule has 0 atom stereocenters. The molecule has 2 aromatic rings. The van der Waals surface area contributed by atoms with Crippen LogP contribution in [-0.2, 0) is 14.8 Å². The van der Waals surface area contributed by atoms with Crippen LogP contribution in [0.3, 0.4) is 0 Å². The molecule has 1 aliphatic rings. The van der Waals surface area contributed by atoms with Crippen molar-refractivity contribution in [2.75, 3.05) is 16.7 Å². The largest absolute Gasteiger partial charge is 0.383 e. The summed E-state index contributed by atoms with van der Waals surface area (Å²) in [6, 6.07) is 8.58. The molecule has 10 heteroatoms. The molecule has 0 saturated carbocycles. The van der Waals surface area contributed by atoms with Crippen LogP contribution in [0.2, 0.25) is 0 Å². The summed E-state index contributed by atoms with van der Waals surface area (Å²) in [4.78, 5) is 16.3. The first-order valence-corrected chi connectivity index (χ1v) is 10.1. The van der Waals surface area contributed by atoms with Crippen molar-refractivity contribution in [1.29, 1.82) is 5.41 Å². The molecule has 0 bridgehead atoms. The number of sulfonamides is 1. The van der Waals surface area contributed by atoms with E-state index >= 15 is 0 Å². The van der Waals surface area contributed by atoms with Gasteiger partial charge in [0.15, 0.2) is 5.17 Å². The van der Waals surface area contributed by atoms with Gasteiger partial charge < -0.3 is 11.1 Å². The number of carbonyl (C=O) groups is 1. The zero-order valence-electron chi connectivity index (χ0n) is 13.6. The van der Waals surface area contributed by atoms with E-state index in [-0.39, 0.29) is 16.9 Å². The number of hydrogen-bond donors (Lipinski definition) is 4. The number of pyridine rings is 1. The number of amides is 1. The summed E-state index contributed by atoms with van der Waals surface area (Å²) in [6.07, 6.45) is 4.27. The van der Waals surface area contributed by atoms with E-state index in [0.717, 1.165) is 29.1 Å². The molecule has 0 aliphatic carbocycles. The summed E-state index contributed by atoms with van der Waals surface area (Å²) in [6.45, 7) is 0. The van der Waals surface area contributed by atoms with Crippen LogP contribution >= 0.6 is 11.8 Å². The summed E-state index contributed by atoms with van der Waals surface area (Å²) in [7, 11) is -3.33. The average Bonchev–Trinajstić information content (AvgIpc) is 2.86. The summed E-state index contributed by atoms with van der Waals surface area (Å²) in [5.74, 6) is -0.0792. The number of benzene rings is 1. The van der Waals surface area contributed by atoms with Crippen molar-refractivity contribution in [1.82, 2.24) is 10.3 Å². The van der Waals surface area contributed by atoms with E-state index in [1.807, 2.05) is 0 Å². The Morgan fingerprint density at radius 1 is 1.27 bits per heavy atom. The van der Waals surface area contributed by atoms with Gasteiger partial charge in [-0.3, -0.25) is 14.9 Å². The lowest BCUT2D eigenvalue weighted by molar-refractivity contribution is -0.115. The summed E-state index contributed by atoms with van der Waals surface area (Å²) < 4.78 is 24.9. The van der Waals surface area contributed by atoms with E-state index in [1.165, 1.54) is 0 Å². The van der Waals surface area contributed by atoms with Crippen LogP contribution in [0.15, 0.2) is 41.4 Å². The molecule has 0 radical (unpaired) electrons. The highest BCUT2D eigenvalue weighted by atomic mass is 32.2. The highest BCUT2D eigenvalue weighted by Gasteiger charge is 2.22. The maximum absolute atomic E-state index is 11.7. The van der Waals surface area contributed by atoms with Gasteiger partial charge in [0.05, 0.1) is 11.2 Å². The van der Waals surface area contributed by atoms with Crippen LogP contribution in [-0.4, -0.2) is 30.7 Å². The second kappa shape index (κ2) is 6.81. The van der Waals surface area contributed by atoms with E-state index in [0.29, 0.717) is 16.2 Å². The number of nitrogen functional groups attached to an aromatic ring is 1. The molecule has 2 heterocycles. The second-order valence-electron chi connectivity index (χ2n) is 5.54. The fourth-order valence-electron chi connectivity index (χ4n) is 2.29. The van der Waals surface area contributed by atoms with E-state index in [1.54, 1.807) is 42.6 Å². The first-order valence-electron chi connectivity index (χ1n) is 7.34. The third-order valence-electron chi connectivity index (χ3n) is 3.42. The Morgan fingerprint density at radius 2 is 1.96 bits per heavy atom. The molecule has 5 N–H and O–H groups in total. The number of aromatic nitrogens is 1. The molecule has 1 aromatic carbocycles. The van der Waals surface area contributed by atoms with Crippen LogP contribution in [0.1, 0.15) is 5.56 Å². The number of hydrogen-bond acceptors (Lipinski definition) is 7. The lowest BCUT2D eigenvalue weighted by Gasteiger charge is -2.08. The minimum absolute atomic E-state index is 0.0675. The highest BCUT2D eigenvalue weighted by Crippen LogP contribution is 2.29. The van der Waals surface area contributed by atoms with Gasteiger partial charge >= 0.3 is 0 Å². The minimum Gasteiger partial charge on any atom is -0.383 e. The number of carbonyl (C=O) groups excluding carboxylic acids is 1. The number of nitrogens with one attached hydrogen (secondary N) is 3. The zero-order chi connectivity index (χ0) is 18.9. The molecular weight excluding hydrogens is 374 g/mol. The van der Waals surface area contributed by atoms with Crippen molar-refractivity contribution in [2.24, 2.45) is 0 Å². The lowest BCUT2D eigenvalue weighted by Crippen LogP contribution is -2.18. The third-order valence-corrected chi connectivity index (χ3v) is 4.86. The molecule has 1 aliphatic heterocycles. The quantitative estimate of drug-likeness (QED) is 0.589. The van der Waals surface area contributed by atoms with Gasteiger partial charge in [-0.15, -0.1) is 0 Å². The predicted molar refractivity (Wildman–Crippen MR) is 104 cm³/mol. The number of nitrogens with zero attached hydrogens (tertiary/aromatic N) is 1. The van der Waals surface area contributed by atoms with Crippen molar-refractivity contribution in [3.05, 3.63) is 47.0 Å². The van der Waals surface area contributed by atoms with E-state index in [4.69, 9.17) is 11.1 Å². The Bertz CT molecular complexity index is 1030. The fourth-order valence-corrected chi connectivity index (χ4v) is 3.55. The molecule has 1 fully saturated rings. The topological polar surface area (TPSA) is 138 Å². The molecule has 0 unspecified atom stereocenters.